The molecule has 1 atom stereocenters. The summed E-state index contributed by atoms with van der Waals surface area (Å²) in [6.07, 6.45) is 1.03. The summed E-state index contributed by atoms with van der Waals surface area (Å²) in [5, 5.41) is 2.90. The lowest BCUT2D eigenvalue weighted by atomic mass is 10.2. The number of amides is 1. The molecule has 0 aromatic heterocycles. The Bertz CT molecular complexity index is 652. The largest absolute Gasteiger partial charge is 0.494 e. The highest BCUT2D eigenvalue weighted by atomic mass is 16.5. The topological polar surface area (TPSA) is 47.6 Å². The summed E-state index contributed by atoms with van der Waals surface area (Å²) in [5.41, 5.74) is 1.75. The Labute approximate surface area is 143 Å². The molecule has 1 N–H and O–H groups in total. The van der Waals surface area contributed by atoms with Gasteiger partial charge in [-0.1, -0.05) is 32.0 Å². The van der Waals surface area contributed by atoms with Crippen LogP contribution < -0.4 is 14.8 Å². The number of carbonyl (C=O) groups excluding carboxylic acids is 1. The van der Waals surface area contributed by atoms with Crippen LogP contribution in [0.1, 0.15) is 32.3 Å². The molecule has 0 fully saturated rings. The smallest absolute Gasteiger partial charge is 0.265 e. The zero-order valence-corrected chi connectivity index (χ0v) is 14.5. The van der Waals surface area contributed by atoms with Crippen LogP contribution in [0, 0.1) is 6.92 Å². The van der Waals surface area contributed by atoms with Gasteiger partial charge in [-0.05, 0) is 55.7 Å². The molecule has 128 valence electrons. The van der Waals surface area contributed by atoms with Crippen LogP contribution in [0.25, 0.3) is 0 Å². The molecule has 0 heterocycles. The fourth-order valence-electron chi connectivity index (χ4n) is 2.24. The highest BCUT2D eigenvalue weighted by Gasteiger charge is 2.19. The Morgan fingerprint density at radius 2 is 1.79 bits per heavy atom. The van der Waals surface area contributed by atoms with Gasteiger partial charge in [0.15, 0.2) is 6.10 Å². The lowest BCUT2D eigenvalue weighted by Crippen LogP contribution is -2.32. The molecular formula is C20H25NO3. The van der Waals surface area contributed by atoms with E-state index in [2.05, 4.69) is 12.2 Å². The average Bonchev–Trinajstić information content (AvgIpc) is 2.60. The third-order valence-electron chi connectivity index (χ3n) is 3.62. The molecule has 0 saturated heterocycles. The molecule has 2 aromatic rings. The molecule has 0 aliphatic carbocycles. The van der Waals surface area contributed by atoms with Crippen molar-refractivity contribution in [2.75, 3.05) is 11.9 Å². The number of benzene rings is 2. The number of nitrogens with one attached hydrogen (secondary N) is 1. The maximum atomic E-state index is 12.4. The van der Waals surface area contributed by atoms with Crippen molar-refractivity contribution < 1.29 is 14.3 Å². The van der Waals surface area contributed by atoms with Crippen molar-refractivity contribution in [3.8, 4) is 11.5 Å². The van der Waals surface area contributed by atoms with Crippen LogP contribution in [0.2, 0.25) is 0 Å². The van der Waals surface area contributed by atoms with Crippen molar-refractivity contribution in [3.05, 3.63) is 54.1 Å². The SMILES string of the molecule is CCCOc1ccc(NC(=O)C(CC)Oc2ccccc2C)cc1. The Morgan fingerprint density at radius 3 is 2.42 bits per heavy atom. The van der Waals surface area contributed by atoms with E-state index in [0.29, 0.717) is 13.0 Å². The predicted molar refractivity (Wildman–Crippen MR) is 96.7 cm³/mol. The number of para-hydroxylation sites is 1. The number of ether oxygens (including phenoxy) is 2. The normalized spacial score (nSPS) is 11.6. The average molecular weight is 327 g/mol. The molecule has 0 spiro atoms. The second-order valence-electron chi connectivity index (χ2n) is 5.64. The van der Waals surface area contributed by atoms with Crippen LogP contribution in [0.5, 0.6) is 11.5 Å². The van der Waals surface area contributed by atoms with Gasteiger partial charge in [-0.15, -0.1) is 0 Å². The lowest BCUT2D eigenvalue weighted by molar-refractivity contribution is -0.122. The minimum absolute atomic E-state index is 0.150. The van der Waals surface area contributed by atoms with E-state index >= 15 is 0 Å². The van der Waals surface area contributed by atoms with Crippen LogP contribution in [0.4, 0.5) is 5.69 Å². The lowest BCUT2D eigenvalue weighted by Gasteiger charge is -2.18. The maximum Gasteiger partial charge on any atom is 0.265 e. The molecule has 4 nitrogen and oxygen atoms in total. The molecular weight excluding hydrogens is 302 g/mol. The van der Waals surface area contributed by atoms with Gasteiger partial charge >= 0.3 is 0 Å². The second kappa shape index (κ2) is 8.96. The summed E-state index contributed by atoms with van der Waals surface area (Å²) >= 11 is 0. The first-order valence-electron chi connectivity index (χ1n) is 8.40. The van der Waals surface area contributed by atoms with Gasteiger partial charge in [-0.3, -0.25) is 4.79 Å². The molecule has 0 aliphatic rings. The van der Waals surface area contributed by atoms with Crippen molar-refractivity contribution in [2.24, 2.45) is 0 Å². The summed E-state index contributed by atoms with van der Waals surface area (Å²) in [7, 11) is 0. The third-order valence-corrected chi connectivity index (χ3v) is 3.62. The molecule has 0 aliphatic heterocycles. The van der Waals surface area contributed by atoms with Crippen LogP contribution in [0.15, 0.2) is 48.5 Å². The third kappa shape index (κ3) is 5.01. The highest BCUT2D eigenvalue weighted by molar-refractivity contribution is 5.94. The summed E-state index contributed by atoms with van der Waals surface area (Å²) in [5.74, 6) is 1.39. The minimum Gasteiger partial charge on any atom is -0.494 e. The van der Waals surface area contributed by atoms with Crippen LogP contribution in [0.3, 0.4) is 0 Å². The van der Waals surface area contributed by atoms with Crippen molar-refractivity contribution in [2.45, 2.75) is 39.7 Å². The van der Waals surface area contributed by atoms with Gasteiger partial charge in [0, 0.05) is 5.69 Å². The standard InChI is InChI=1S/C20H25NO3/c1-4-14-23-17-12-10-16(11-13-17)21-20(22)18(5-2)24-19-9-7-6-8-15(19)3/h6-13,18H,4-5,14H2,1-3H3,(H,21,22). The number of rotatable bonds is 8. The minimum atomic E-state index is -0.526. The Morgan fingerprint density at radius 1 is 1.08 bits per heavy atom. The molecule has 24 heavy (non-hydrogen) atoms. The summed E-state index contributed by atoms with van der Waals surface area (Å²) in [6.45, 7) is 6.65. The fraction of sp³-hybridized carbons (Fsp3) is 0.350. The number of aryl methyl sites for hydroxylation is 1. The van der Waals surface area contributed by atoms with Gasteiger partial charge in [0.25, 0.3) is 5.91 Å². The molecule has 0 bridgehead atoms. The van der Waals surface area contributed by atoms with Gasteiger partial charge in [0.1, 0.15) is 11.5 Å². The number of hydrogen-bond donors (Lipinski definition) is 1. The molecule has 4 heteroatoms. The van der Waals surface area contributed by atoms with Gasteiger partial charge < -0.3 is 14.8 Å². The van der Waals surface area contributed by atoms with E-state index in [1.54, 1.807) is 0 Å². The van der Waals surface area contributed by atoms with Crippen molar-refractivity contribution in [1.82, 2.24) is 0 Å². The van der Waals surface area contributed by atoms with E-state index in [0.717, 1.165) is 29.2 Å². The monoisotopic (exact) mass is 327 g/mol. The van der Waals surface area contributed by atoms with Gasteiger partial charge in [-0.25, -0.2) is 0 Å². The molecule has 2 rings (SSSR count). The van der Waals surface area contributed by atoms with Crippen LogP contribution >= 0.6 is 0 Å². The van der Waals surface area contributed by atoms with Crippen molar-refractivity contribution in [1.29, 1.82) is 0 Å². The van der Waals surface area contributed by atoms with Crippen molar-refractivity contribution in [3.63, 3.8) is 0 Å². The molecule has 1 unspecified atom stereocenters. The summed E-state index contributed by atoms with van der Waals surface area (Å²) < 4.78 is 11.4. The predicted octanol–water partition coefficient (Wildman–Crippen LogP) is 4.58. The zero-order chi connectivity index (χ0) is 17.4. The quantitative estimate of drug-likeness (QED) is 0.772. The van der Waals surface area contributed by atoms with E-state index < -0.39 is 6.10 Å². The summed E-state index contributed by atoms with van der Waals surface area (Å²) in [6, 6.07) is 15.1. The fourth-order valence-corrected chi connectivity index (χ4v) is 2.24. The summed E-state index contributed by atoms with van der Waals surface area (Å²) in [4.78, 5) is 12.4. The van der Waals surface area contributed by atoms with Crippen molar-refractivity contribution >= 4 is 11.6 Å². The van der Waals surface area contributed by atoms with Gasteiger partial charge in [0.05, 0.1) is 6.61 Å². The molecule has 0 saturated carbocycles. The number of anilines is 1. The van der Waals surface area contributed by atoms with E-state index in [4.69, 9.17) is 9.47 Å². The maximum absolute atomic E-state index is 12.4. The number of carbonyl (C=O) groups is 1. The van der Waals surface area contributed by atoms with Gasteiger partial charge in [0.2, 0.25) is 0 Å². The zero-order valence-electron chi connectivity index (χ0n) is 14.5. The Kier molecular flexibility index (Phi) is 6.67. The van der Waals surface area contributed by atoms with Crippen LogP contribution in [-0.4, -0.2) is 18.6 Å². The molecule has 2 aromatic carbocycles. The second-order valence-corrected chi connectivity index (χ2v) is 5.64. The Balaban J connectivity index is 1.97. The van der Waals surface area contributed by atoms with E-state index in [1.807, 2.05) is 62.4 Å². The van der Waals surface area contributed by atoms with E-state index in [9.17, 15) is 4.79 Å². The van der Waals surface area contributed by atoms with E-state index in [1.165, 1.54) is 0 Å². The highest BCUT2D eigenvalue weighted by Crippen LogP contribution is 2.20. The number of hydrogen-bond acceptors (Lipinski definition) is 3. The van der Waals surface area contributed by atoms with Gasteiger partial charge in [-0.2, -0.15) is 0 Å². The molecule has 0 radical (unpaired) electrons. The first kappa shape index (κ1) is 17.9. The first-order chi connectivity index (χ1) is 11.6. The van der Waals surface area contributed by atoms with E-state index in [-0.39, 0.29) is 5.91 Å². The Hall–Kier alpha value is -2.49. The first-order valence-corrected chi connectivity index (χ1v) is 8.40. The molecule has 1 amide bonds. The van der Waals surface area contributed by atoms with Crippen LogP contribution in [-0.2, 0) is 4.79 Å².